The van der Waals surface area contributed by atoms with Crippen LogP contribution in [0.4, 0.5) is 0 Å². The molecule has 1 aliphatic rings. The van der Waals surface area contributed by atoms with Crippen LogP contribution in [-0.2, 0) is 11.3 Å². The monoisotopic (exact) mass is 307 g/mol. The molecule has 0 spiro atoms. The van der Waals surface area contributed by atoms with E-state index in [1.807, 2.05) is 24.3 Å². The van der Waals surface area contributed by atoms with Crippen LogP contribution in [0.1, 0.15) is 30.3 Å². The van der Waals surface area contributed by atoms with Gasteiger partial charge in [0.1, 0.15) is 0 Å². The summed E-state index contributed by atoms with van der Waals surface area (Å²) in [5.41, 5.74) is 1.10. The van der Waals surface area contributed by atoms with Crippen LogP contribution in [0.5, 0.6) is 0 Å². The normalized spacial score (nSPS) is 23.4. The van der Waals surface area contributed by atoms with Crippen LogP contribution in [0.15, 0.2) is 28.8 Å². The Labute approximate surface area is 128 Å². The van der Waals surface area contributed by atoms with Crippen molar-refractivity contribution in [1.82, 2.24) is 15.0 Å². The number of aromatic nitrogens is 2. The van der Waals surface area contributed by atoms with E-state index in [9.17, 15) is 0 Å². The second-order valence-electron chi connectivity index (χ2n) is 5.39. The van der Waals surface area contributed by atoms with Crippen molar-refractivity contribution >= 4 is 11.6 Å². The zero-order chi connectivity index (χ0) is 14.8. The van der Waals surface area contributed by atoms with E-state index in [1.54, 1.807) is 6.92 Å². The van der Waals surface area contributed by atoms with Crippen molar-refractivity contribution in [2.45, 2.75) is 32.5 Å². The maximum atomic E-state index is 6.06. The summed E-state index contributed by atoms with van der Waals surface area (Å²) >= 11 is 6.06. The maximum absolute atomic E-state index is 6.06. The Morgan fingerprint density at radius 2 is 2.29 bits per heavy atom. The number of morpholine rings is 1. The number of aryl methyl sites for hydroxylation is 1. The molecule has 1 aromatic carbocycles. The fraction of sp³-hybridized carbons (Fsp3) is 0.467. The molecule has 2 aromatic rings. The summed E-state index contributed by atoms with van der Waals surface area (Å²) in [6.45, 7) is 6.07. The Hall–Kier alpha value is -1.43. The molecule has 6 heteroatoms. The molecule has 0 saturated carbocycles. The van der Waals surface area contributed by atoms with Crippen molar-refractivity contribution in [3.8, 4) is 0 Å². The molecule has 0 aliphatic carbocycles. The minimum atomic E-state index is 0.0212. The van der Waals surface area contributed by atoms with Crippen LogP contribution in [0.25, 0.3) is 0 Å². The van der Waals surface area contributed by atoms with Gasteiger partial charge in [-0.3, -0.25) is 4.90 Å². The van der Waals surface area contributed by atoms with E-state index >= 15 is 0 Å². The van der Waals surface area contributed by atoms with E-state index in [0.29, 0.717) is 30.9 Å². The van der Waals surface area contributed by atoms with Gasteiger partial charge in [-0.2, -0.15) is 4.98 Å². The first-order valence-corrected chi connectivity index (χ1v) is 7.40. The maximum Gasteiger partial charge on any atom is 0.223 e. The standard InChI is InChI=1S/C15H18ClN3O2/c1-10-9-20-14(12-4-3-5-13(16)6-12)7-19(10)8-15-17-11(2)21-18-15/h3-6,10,14H,7-9H2,1-2H3/t10-,14-/m0/s1. The molecular formula is C15H18ClN3O2. The molecule has 1 fully saturated rings. The third kappa shape index (κ3) is 3.43. The van der Waals surface area contributed by atoms with Crippen molar-refractivity contribution in [2.75, 3.05) is 13.2 Å². The lowest BCUT2D eigenvalue weighted by Crippen LogP contribution is -2.44. The fourth-order valence-corrected chi connectivity index (χ4v) is 2.72. The molecule has 2 heterocycles. The molecule has 1 saturated heterocycles. The van der Waals surface area contributed by atoms with Crippen molar-refractivity contribution in [2.24, 2.45) is 0 Å². The van der Waals surface area contributed by atoms with Gasteiger partial charge in [0.2, 0.25) is 5.89 Å². The second-order valence-corrected chi connectivity index (χ2v) is 5.82. The molecular weight excluding hydrogens is 290 g/mol. The van der Waals surface area contributed by atoms with Gasteiger partial charge in [-0.05, 0) is 24.6 Å². The zero-order valence-corrected chi connectivity index (χ0v) is 12.9. The first kappa shape index (κ1) is 14.5. The van der Waals surface area contributed by atoms with Crippen LogP contribution >= 0.6 is 11.6 Å². The number of rotatable bonds is 3. The first-order chi connectivity index (χ1) is 10.1. The van der Waals surface area contributed by atoms with Crippen LogP contribution in [0.3, 0.4) is 0 Å². The highest BCUT2D eigenvalue weighted by Gasteiger charge is 2.28. The van der Waals surface area contributed by atoms with E-state index in [0.717, 1.165) is 17.1 Å². The Morgan fingerprint density at radius 1 is 1.43 bits per heavy atom. The molecule has 1 aliphatic heterocycles. The fourth-order valence-electron chi connectivity index (χ4n) is 2.52. The summed E-state index contributed by atoms with van der Waals surface area (Å²) < 4.78 is 11.0. The lowest BCUT2D eigenvalue weighted by molar-refractivity contribution is -0.0642. The number of hydrogen-bond acceptors (Lipinski definition) is 5. The van der Waals surface area contributed by atoms with Gasteiger partial charge in [0.05, 0.1) is 19.3 Å². The molecule has 21 heavy (non-hydrogen) atoms. The van der Waals surface area contributed by atoms with Crippen molar-refractivity contribution in [1.29, 1.82) is 0 Å². The van der Waals surface area contributed by atoms with Crippen LogP contribution in [-0.4, -0.2) is 34.2 Å². The first-order valence-electron chi connectivity index (χ1n) is 7.02. The van der Waals surface area contributed by atoms with E-state index < -0.39 is 0 Å². The summed E-state index contributed by atoms with van der Waals surface area (Å²) in [4.78, 5) is 6.57. The summed E-state index contributed by atoms with van der Waals surface area (Å²) in [6.07, 6.45) is 0.0212. The molecule has 3 rings (SSSR count). The predicted molar refractivity (Wildman–Crippen MR) is 79.1 cm³/mol. The lowest BCUT2D eigenvalue weighted by atomic mass is 10.1. The van der Waals surface area contributed by atoms with E-state index in [1.165, 1.54) is 0 Å². The van der Waals surface area contributed by atoms with Crippen molar-refractivity contribution in [3.05, 3.63) is 46.6 Å². The number of ether oxygens (including phenoxy) is 1. The second kappa shape index (κ2) is 6.13. The Balaban J connectivity index is 1.72. The number of benzene rings is 1. The van der Waals surface area contributed by atoms with Gasteiger partial charge in [0.15, 0.2) is 5.82 Å². The molecule has 5 nitrogen and oxygen atoms in total. The Kier molecular flexibility index (Phi) is 4.24. The predicted octanol–water partition coefficient (Wildman–Crippen LogP) is 2.99. The zero-order valence-electron chi connectivity index (χ0n) is 12.1. The average Bonchev–Trinajstić information content (AvgIpc) is 2.87. The van der Waals surface area contributed by atoms with Crippen molar-refractivity contribution < 1.29 is 9.26 Å². The van der Waals surface area contributed by atoms with E-state index in [4.69, 9.17) is 20.9 Å². The molecule has 112 valence electrons. The summed E-state index contributed by atoms with van der Waals surface area (Å²) in [5.74, 6) is 1.31. The van der Waals surface area contributed by atoms with Crippen LogP contribution in [0.2, 0.25) is 5.02 Å². The average molecular weight is 308 g/mol. The smallest absolute Gasteiger partial charge is 0.223 e. The SMILES string of the molecule is Cc1nc(CN2C[C@@H](c3cccc(Cl)c3)OC[C@@H]2C)no1. The minimum Gasteiger partial charge on any atom is -0.371 e. The van der Waals surface area contributed by atoms with Gasteiger partial charge >= 0.3 is 0 Å². The molecule has 0 radical (unpaired) electrons. The Morgan fingerprint density at radius 3 is 3.00 bits per heavy atom. The van der Waals surface area contributed by atoms with Gasteiger partial charge in [-0.1, -0.05) is 28.9 Å². The summed E-state index contributed by atoms with van der Waals surface area (Å²) in [6, 6.07) is 8.14. The van der Waals surface area contributed by atoms with Gasteiger partial charge in [-0.25, -0.2) is 0 Å². The van der Waals surface area contributed by atoms with Gasteiger partial charge in [-0.15, -0.1) is 0 Å². The number of nitrogens with zero attached hydrogens (tertiary/aromatic N) is 3. The molecule has 1 aromatic heterocycles. The van der Waals surface area contributed by atoms with Crippen LogP contribution in [0, 0.1) is 6.92 Å². The number of halogens is 1. The highest BCUT2D eigenvalue weighted by Crippen LogP contribution is 2.27. The topological polar surface area (TPSA) is 51.4 Å². The lowest BCUT2D eigenvalue weighted by Gasteiger charge is -2.37. The third-order valence-corrected chi connectivity index (χ3v) is 3.93. The molecule has 0 N–H and O–H groups in total. The summed E-state index contributed by atoms with van der Waals surface area (Å²) in [7, 11) is 0. The highest BCUT2D eigenvalue weighted by molar-refractivity contribution is 6.30. The molecule has 0 amide bonds. The van der Waals surface area contributed by atoms with Gasteiger partial charge in [0, 0.05) is 24.5 Å². The number of hydrogen-bond donors (Lipinski definition) is 0. The van der Waals surface area contributed by atoms with Gasteiger partial charge in [0.25, 0.3) is 0 Å². The van der Waals surface area contributed by atoms with Gasteiger partial charge < -0.3 is 9.26 Å². The third-order valence-electron chi connectivity index (χ3n) is 3.70. The largest absolute Gasteiger partial charge is 0.371 e. The molecule has 2 atom stereocenters. The van der Waals surface area contributed by atoms with Crippen LogP contribution < -0.4 is 0 Å². The van der Waals surface area contributed by atoms with E-state index in [2.05, 4.69) is 22.0 Å². The minimum absolute atomic E-state index is 0.0212. The molecule has 0 bridgehead atoms. The van der Waals surface area contributed by atoms with E-state index in [-0.39, 0.29) is 6.10 Å². The quantitative estimate of drug-likeness (QED) is 0.872. The Bertz CT molecular complexity index is 616. The van der Waals surface area contributed by atoms with Crippen molar-refractivity contribution in [3.63, 3.8) is 0 Å². The summed E-state index contributed by atoms with van der Waals surface area (Å²) in [5, 5.41) is 4.70. The molecule has 0 unspecified atom stereocenters. The highest BCUT2D eigenvalue weighted by atomic mass is 35.5.